The number of para-hydroxylation sites is 4. The molecule has 2 unspecified atom stereocenters. The van der Waals surface area contributed by atoms with Gasteiger partial charge in [0.15, 0.2) is 0 Å². The molecular weight excluding hydrogens is 663 g/mol. The molecule has 1 saturated carbocycles. The predicted molar refractivity (Wildman–Crippen MR) is 155 cm³/mol. The van der Waals surface area contributed by atoms with Crippen molar-refractivity contribution >= 4 is 31.0 Å². The van der Waals surface area contributed by atoms with Gasteiger partial charge in [-0.3, -0.25) is 0 Å². The van der Waals surface area contributed by atoms with E-state index in [1.807, 2.05) is 0 Å². The Hall–Kier alpha value is -3.69. The van der Waals surface area contributed by atoms with Crippen LogP contribution in [0, 0.1) is 0 Å². The van der Waals surface area contributed by atoms with Gasteiger partial charge in [0.05, 0.1) is 0 Å². The summed E-state index contributed by atoms with van der Waals surface area (Å²) in [6.45, 7) is 1.69. The van der Waals surface area contributed by atoms with Gasteiger partial charge in [-0.1, -0.05) is 0 Å². The summed E-state index contributed by atoms with van der Waals surface area (Å²) in [4.78, 5) is 10.8. The first-order valence-corrected chi connectivity index (χ1v) is 16.1. The third-order valence-corrected chi connectivity index (χ3v) is 11.9. The molecule has 6 bridgehead atoms. The third-order valence-electron chi connectivity index (χ3n) is 8.61. The summed E-state index contributed by atoms with van der Waals surface area (Å²) in [5.74, 6) is 1.79. The monoisotopic (exact) mass is 691 g/mol. The number of rotatable bonds is 0. The van der Waals surface area contributed by atoms with Crippen LogP contribution in [0.1, 0.15) is 30.4 Å². The van der Waals surface area contributed by atoms with Gasteiger partial charge in [0.2, 0.25) is 0 Å². The van der Waals surface area contributed by atoms with E-state index in [1.54, 1.807) is 0 Å². The molecular formula is C33H28N4OPt. The number of ether oxygens (including phenoxy) is 1. The van der Waals surface area contributed by atoms with E-state index < -0.39 is 17.6 Å². The van der Waals surface area contributed by atoms with Crippen LogP contribution < -0.4 is 24.3 Å². The fourth-order valence-corrected chi connectivity index (χ4v) is 10.8. The number of anilines is 4. The Bertz CT molecular complexity index is 1610. The SMILES string of the molecule is c1cc2cc(c1)Oc1cccc(c1)CN1[C]3=[Pt]=[C]4N(C2)c2ccccc2N4C2CCCC2N3c2ccccc21. The molecule has 0 N–H and O–H groups in total. The van der Waals surface area contributed by atoms with Gasteiger partial charge in [-0.05, 0) is 0 Å². The molecule has 9 rings (SSSR count). The van der Waals surface area contributed by atoms with Crippen molar-refractivity contribution in [3.63, 3.8) is 0 Å². The number of hydrogen-bond donors (Lipinski definition) is 0. The molecule has 6 heteroatoms. The van der Waals surface area contributed by atoms with E-state index in [0.29, 0.717) is 12.1 Å². The van der Waals surface area contributed by atoms with Crippen molar-refractivity contribution in [2.24, 2.45) is 0 Å². The summed E-state index contributed by atoms with van der Waals surface area (Å²) in [6, 6.07) is 36.4. The molecule has 2 atom stereocenters. The predicted octanol–water partition coefficient (Wildman–Crippen LogP) is 6.34. The molecule has 1 aliphatic carbocycles. The molecule has 4 aromatic rings. The maximum absolute atomic E-state index is 6.42. The fraction of sp³-hybridized carbons (Fsp3) is 0.212. The second-order valence-corrected chi connectivity index (χ2v) is 13.5. The molecule has 4 aromatic carbocycles. The van der Waals surface area contributed by atoms with Crippen LogP contribution in [0.5, 0.6) is 11.5 Å². The van der Waals surface area contributed by atoms with Gasteiger partial charge < -0.3 is 0 Å². The summed E-state index contributed by atoms with van der Waals surface area (Å²) < 4.78 is 9.45. The number of benzene rings is 4. The zero-order valence-corrected chi connectivity index (χ0v) is 23.7. The second-order valence-electron chi connectivity index (χ2n) is 10.9. The Morgan fingerprint density at radius 2 is 1.05 bits per heavy atom. The standard InChI is InChI=1S/C33H28N4O.Pt/c1-3-14-30-28(12-1)34-20-24-8-5-10-26(18-24)38-27-11-6-9-25(19-27)21-35-23-37(31-15-4-2-13-29(31)35)33-17-7-16-32(33)36(30)22-34;/h1-6,8-15,18-19,32-33H,7,16-17,20-21H2;. The van der Waals surface area contributed by atoms with Gasteiger partial charge >= 0.3 is 237 Å². The van der Waals surface area contributed by atoms with Gasteiger partial charge in [0.25, 0.3) is 0 Å². The van der Waals surface area contributed by atoms with E-state index in [2.05, 4.69) is 117 Å². The summed E-state index contributed by atoms with van der Waals surface area (Å²) >= 11 is -0.502. The molecule has 1 fully saturated rings. The topological polar surface area (TPSA) is 22.2 Å². The fourth-order valence-electron chi connectivity index (χ4n) is 6.99. The van der Waals surface area contributed by atoms with Gasteiger partial charge in [0, 0.05) is 0 Å². The van der Waals surface area contributed by atoms with Crippen LogP contribution in [0.3, 0.4) is 0 Å². The van der Waals surface area contributed by atoms with Crippen molar-refractivity contribution in [2.45, 2.75) is 44.4 Å². The summed E-state index contributed by atoms with van der Waals surface area (Å²) in [6.07, 6.45) is 3.74. The van der Waals surface area contributed by atoms with Crippen LogP contribution >= 0.6 is 0 Å². The number of hydrogen-bond acceptors (Lipinski definition) is 5. The first-order valence-electron chi connectivity index (χ1n) is 13.8. The van der Waals surface area contributed by atoms with Gasteiger partial charge in [-0.15, -0.1) is 0 Å². The number of nitrogens with zero attached hydrogens (tertiary/aromatic N) is 4. The van der Waals surface area contributed by atoms with Gasteiger partial charge in [-0.25, -0.2) is 0 Å². The van der Waals surface area contributed by atoms with E-state index >= 15 is 0 Å². The zero-order chi connectivity index (χ0) is 25.5. The molecule has 39 heavy (non-hydrogen) atoms. The molecule has 0 saturated heterocycles. The zero-order valence-electron chi connectivity index (χ0n) is 21.4. The average Bonchev–Trinajstić information content (AvgIpc) is 3.60. The third kappa shape index (κ3) is 3.29. The van der Waals surface area contributed by atoms with E-state index in [1.165, 1.54) is 61.4 Å². The van der Waals surface area contributed by atoms with Crippen molar-refractivity contribution in [2.75, 3.05) is 19.6 Å². The molecule has 196 valence electrons. The van der Waals surface area contributed by atoms with Crippen molar-refractivity contribution in [3.05, 3.63) is 108 Å². The first-order chi connectivity index (χ1) is 19.3. The maximum atomic E-state index is 6.42. The molecule has 5 aliphatic rings. The van der Waals surface area contributed by atoms with Crippen molar-refractivity contribution in [1.29, 1.82) is 0 Å². The van der Waals surface area contributed by atoms with Crippen LogP contribution in [-0.2, 0) is 30.7 Å². The van der Waals surface area contributed by atoms with Crippen molar-refractivity contribution in [3.8, 4) is 11.5 Å². The van der Waals surface area contributed by atoms with Crippen LogP contribution in [-0.4, -0.2) is 20.4 Å². The average molecular weight is 692 g/mol. The normalized spacial score (nSPS) is 22.4. The molecule has 0 spiro atoms. The Morgan fingerprint density at radius 1 is 0.564 bits per heavy atom. The summed E-state index contributed by atoms with van der Waals surface area (Å²) in [5.41, 5.74) is 8.00. The summed E-state index contributed by atoms with van der Waals surface area (Å²) in [7, 11) is 0. The molecule has 0 amide bonds. The van der Waals surface area contributed by atoms with E-state index in [9.17, 15) is 0 Å². The van der Waals surface area contributed by atoms with Crippen LogP contribution in [0.2, 0.25) is 0 Å². The quantitative estimate of drug-likeness (QED) is 0.214. The Labute approximate surface area is 236 Å². The van der Waals surface area contributed by atoms with Crippen molar-refractivity contribution in [1.82, 2.24) is 0 Å². The molecule has 0 aromatic heterocycles. The molecule has 5 nitrogen and oxygen atoms in total. The van der Waals surface area contributed by atoms with Crippen LogP contribution in [0.15, 0.2) is 97.1 Å². The Morgan fingerprint density at radius 3 is 1.56 bits per heavy atom. The Balaban J connectivity index is 1.34. The van der Waals surface area contributed by atoms with Gasteiger partial charge in [-0.2, -0.15) is 0 Å². The number of fused-ring (bicyclic) bond motifs is 13. The van der Waals surface area contributed by atoms with E-state index in [0.717, 1.165) is 24.6 Å². The second kappa shape index (κ2) is 8.40. The molecule has 4 heterocycles. The first kappa shape index (κ1) is 22.2. The summed E-state index contributed by atoms with van der Waals surface area (Å²) in [5, 5.41) is 0. The Kier molecular flexibility index (Phi) is 4.77. The van der Waals surface area contributed by atoms with Crippen LogP contribution in [0.25, 0.3) is 0 Å². The minimum absolute atomic E-state index is 0.477. The van der Waals surface area contributed by atoms with Gasteiger partial charge in [0.1, 0.15) is 0 Å². The molecule has 4 aliphatic heterocycles. The van der Waals surface area contributed by atoms with E-state index in [4.69, 9.17) is 4.74 Å². The van der Waals surface area contributed by atoms with Crippen molar-refractivity contribution < 1.29 is 22.4 Å². The van der Waals surface area contributed by atoms with E-state index in [-0.39, 0.29) is 0 Å². The molecule has 0 radical (unpaired) electrons. The minimum atomic E-state index is -0.502. The van der Waals surface area contributed by atoms with Crippen LogP contribution in [0.4, 0.5) is 22.7 Å².